The second kappa shape index (κ2) is 5.93. The van der Waals surface area contributed by atoms with Gasteiger partial charge in [-0.3, -0.25) is 0 Å². The van der Waals surface area contributed by atoms with Gasteiger partial charge < -0.3 is 10.1 Å². The number of nitrogens with one attached hydrogen (secondary N) is 1. The van der Waals surface area contributed by atoms with E-state index in [4.69, 9.17) is 10.00 Å². The number of likely N-dealkylation sites (N-methyl/N-ethyl adjacent to an activating group) is 1. The number of benzene rings is 1. The Morgan fingerprint density at radius 3 is 2.93 bits per heavy atom. The molecule has 0 spiro atoms. The summed E-state index contributed by atoms with van der Waals surface area (Å²) < 4.78 is 6.63. The fraction of sp³-hybridized carbons (Fsp3) is 0.364. The zero-order valence-corrected chi connectivity index (χ0v) is 10.9. The van der Waals surface area contributed by atoms with Gasteiger partial charge in [0.05, 0.1) is 15.2 Å². The minimum atomic E-state index is 0.298. The summed E-state index contributed by atoms with van der Waals surface area (Å²) in [7, 11) is 1.89. The van der Waals surface area contributed by atoms with Crippen LogP contribution < -0.4 is 10.1 Å². The highest BCUT2D eigenvalue weighted by Crippen LogP contribution is 2.22. The summed E-state index contributed by atoms with van der Waals surface area (Å²) in [6.45, 7) is 2.64. The molecule has 0 amide bonds. The lowest BCUT2D eigenvalue weighted by Gasteiger charge is -2.13. The van der Waals surface area contributed by atoms with Gasteiger partial charge >= 0.3 is 0 Å². The van der Waals surface area contributed by atoms with Crippen LogP contribution in [0.1, 0.15) is 12.5 Å². The largest absolute Gasteiger partial charge is 0.491 e. The van der Waals surface area contributed by atoms with E-state index in [0.29, 0.717) is 18.2 Å². The molecule has 0 aliphatic heterocycles. The van der Waals surface area contributed by atoms with E-state index in [1.54, 1.807) is 12.1 Å². The highest BCUT2D eigenvalue weighted by Gasteiger charge is 2.04. The normalized spacial score (nSPS) is 11.9. The first-order valence-corrected chi connectivity index (χ1v) is 5.75. The van der Waals surface area contributed by atoms with Crippen LogP contribution in [0.4, 0.5) is 0 Å². The molecule has 0 bridgehead atoms. The van der Waals surface area contributed by atoms with Gasteiger partial charge in [0.1, 0.15) is 12.4 Å². The molecule has 0 saturated heterocycles. The lowest BCUT2D eigenvalue weighted by molar-refractivity contribution is 0.278. The molecule has 3 nitrogen and oxygen atoms in total. The van der Waals surface area contributed by atoms with E-state index in [0.717, 1.165) is 9.32 Å². The summed E-state index contributed by atoms with van der Waals surface area (Å²) in [5.41, 5.74) is 0.627. The number of nitrogens with zero attached hydrogens (tertiary/aromatic N) is 1. The van der Waals surface area contributed by atoms with Crippen LogP contribution in [0.25, 0.3) is 0 Å². The Bertz CT molecular complexity index is 373. The number of hydrogen-bond donors (Lipinski definition) is 1. The maximum Gasteiger partial charge on any atom is 0.134 e. The molecule has 1 unspecified atom stereocenters. The van der Waals surface area contributed by atoms with Crippen LogP contribution >= 0.6 is 22.6 Å². The van der Waals surface area contributed by atoms with Crippen LogP contribution in [0.5, 0.6) is 5.75 Å². The van der Waals surface area contributed by atoms with Crippen LogP contribution in [0.15, 0.2) is 18.2 Å². The lowest BCUT2D eigenvalue weighted by atomic mass is 10.2. The topological polar surface area (TPSA) is 45.0 Å². The Kier molecular flexibility index (Phi) is 4.85. The second-order valence-electron chi connectivity index (χ2n) is 3.26. The minimum Gasteiger partial charge on any atom is -0.491 e. The molecule has 0 aliphatic carbocycles. The van der Waals surface area contributed by atoms with Crippen LogP contribution in [0, 0.1) is 14.9 Å². The van der Waals surface area contributed by atoms with Crippen molar-refractivity contribution in [2.24, 2.45) is 0 Å². The predicted molar refractivity (Wildman–Crippen MR) is 67.9 cm³/mol. The molecule has 1 N–H and O–H groups in total. The third-order valence-electron chi connectivity index (χ3n) is 2.04. The molecule has 0 saturated carbocycles. The second-order valence-corrected chi connectivity index (χ2v) is 4.42. The fourth-order valence-electron chi connectivity index (χ4n) is 0.982. The Morgan fingerprint density at radius 1 is 1.60 bits per heavy atom. The number of nitriles is 1. The first kappa shape index (κ1) is 12.3. The van der Waals surface area contributed by atoms with E-state index in [1.807, 2.05) is 20.0 Å². The maximum atomic E-state index is 8.76. The number of rotatable bonds is 4. The SMILES string of the molecule is CNC(C)COc1cc(C#N)ccc1I. The molecule has 0 radical (unpaired) electrons. The van der Waals surface area contributed by atoms with Gasteiger partial charge in [-0.25, -0.2) is 0 Å². The van der Waals surface area contributed by atoms with Crippen molar-refractivity contribution in [2.45, 2.75) is 13.0 Å². The molecule has 1 aromatic rings. The summed E-state index contributed by atoms with van der Waals surface area (Å²) in [6.07, 6.45) is 0. The van der Waals surface area contributed by atoms with Gasteiger partial charge in [-0.1, -0.05) is 0 Å². The highest BCUT2D eigenvalue weighted by molar-refractivity contribution is 14.1. The highest BCUT2D eigenvalue weighted by atomic mass is 127. The summed E-state index contributed by atoms with van der Waals surface area (Å²) in [5, 5.41) is 11.8. The zero-order chi connectivity index (χ0) is 11.3. The van der Waals surface area contributed by atoms with E-state index >= 15 is 0 Å². The average Bonchev–Trinajstić information content (AvgIpc) is 2.27. The van der Waals surface area contributed by atoms with E-state index in [9.17, 15) is 0 Å². The van der Waals surface area contributed by atoms with Crippen molar-refractivity contribution in [2.75, 3.05) is 13.7 Å². The van der Waals surface area contributed by atoms with Gasteiger partial charge in [0.2, 0.25) is 0 Å². The first-order valence-electron chi connectivity index (χ1n) is 4.67. The van der Waals surface area contributed by atoms with Gasteiger partial charge in [-0.15, -0.1) is 0 Å². The van der Waals surface area contributed by atoms with Crippen molar-refractivity contribution < 1.29 is 4.74 Å². The Labute approximate surface area is 104 Å². The summed E-state index contributed by atoms with van der Waals surface area (Å²) in [6, 6.07) is 7.84. The first-order chi connectivity index (χ1) is 7.17. The van der Waals surface area contributed by atoms with Crippen molar-refractivity contribution in [1.29, 1.82) is 5.26 Å². The van der Waals surface area contributed by atoms with Crippen molar-refractivity contribution in [3.05, 3.63) is 27.3 Å². The third-order valence-corrected chi connectivity index (χ3v) is 2.93. The molecule has 0 fully saturated rings. The van der Waals surface area contributed by atoms with E-state index in [2.05, 4.69) is 34.0 Å². The molecular formula is C11H13IN2O. The predicted octanol–water partition coefficient (Wildman–Crippen LogP) is 2.15. The summed E-state index contributed by atoms with van der Waals surface area (Å²) in [4.78, 5) is 0. The lowest BCUT2D eigenvalue weighted by Crippen LogP contribution is -2.28. The van der Waals surface area contributed by atoms with Crippen LogP contribution in [0.3, 0.4) is 0 Å². The third kappa shape index (κ3) is 3.68. The van der Waals surface area contributed by atoms with Gasteiger partial charge in [-0.2, -0.15) is 5.26 Å². The Balaban J connectivity index is 2.72. The number of hydrogen-bond acceptors (Lipinski definition) is 3. The quantitative estimate of drug-likeness (QED) is 0.866. The van der Waals surface area contributed by atoms with Crippen molar-refractivity contribution in [3.63, 3.8) is 0 Å². The van der Waals surface area contributed by atoms with Crippen LogP contribution in [0.2, 0.25) is 0 Å². The van der Waals surface area contributed by atoms with Gasteiger partial charge in [0, 0.05) is 6.04 Å². The van der Waals surface area contributed by atoms with Crippen molar-refractivity contribution in [3.8, 4) is 11.8 Å². The molecule has 0 heterocycles. The molecule has 0 aliphatic rings. The van der Waals surface area contributed by atoms with Crippen LogP contribution in [-0.4, -0.2) is 19.7 Å². The molecule has 1 rings (SSSR count). The minimum absolute atomic E-state index is 0.298. The number of ether oxygens (including phenoxy) is 1. The van der Waals surface area contributed by atoms with Crippen molar-refractivity contribution in [1.82, 2.24) is 5.32 Å². The molecule has 4 heteroatoms. The monoisotopic (exact) mass is 316 g/mol. The van der Waals surface area contributed by atoms with E-state index in [1.165, 1.54) is 0 Å². The molecule has 1 atom stereocenters. The molecule has 1 aromatic carbocycles. The van der Waals surface area contributed by atoms with Gasteiger partial charge in [0.15, 0.2) is 0 Å². The summed E-state index contributed by atoms with van der Waals surface area (Å²) >= 11 is 2.20. The van der Waals surface area contributed by atoms with Crippen LogP contribution in [-0.2, 0) is 0 Å². The standard InChI is InChI=1S/C11H13IN2O/c1-8(14-2)7-15-11-5-9(6-13)3-4-10(11)12/h3-5,8,14H,7H2,1-2H3. The summed E-state index contributed by atoms with van der Waals surface area (Å²) in [5.74, 6) is 0.775. The van der Waals surface area contributed by atoms with E-state index < -0.39 is 0 Å². The Hall–Kier alpha value is -0.800. The molecule has 15 heavy (non-hydrogen) atoms. The maximum absolute atomic E-state index is 8.76. The number of halogens is 1. The van der Waals surface area contributed by atoms with Gasteiger partial charge in [-0.05, 0) is 54.8 Å². The van der Waals surface area contributed by atoms with Crippen molar-refractivity contribution >= 4 is 22.6 Å². The molecule has 0 aromatic heterocycles. The molecule has 80 valence electrons. The molecular weight excluding hydrogens is 303 g/mol. The zero-order valence-electron chi connectivity index (χ0n) is 8.75. The fourth-order valence-corrected chi connectivity index (χ4v) is 1.47. The smallest absolute Gasteiger partial charge is 0.134 e. The average molecular weight is 316 g/mol. The Morgan fingerprint density at radius 2 is 2.33 bits per heavy atom. The van der Waals surface area contributed by atoms with E-state index in [-0.39, 0.29) is 0 Å². The van der Waals surface area contributed by atoms with Gasteiger partial charge in [0.25, 0.3) is 0 Å².